The molecule has 26 heavy (non-hydrogen) atoms. The molecule has 8 heteroatoms. The van der Waals surface area contributed by atoms with Crippen LogP contribution in [0.5, 0.6) is 0 Å². The Balaban J connectivity index is 1.56. The zero-order valence-corrected chi connectivity index (χ0v) is 15.6. The number of rotatable bonds is 6. The molecule has 1 saturated heterocycles. The first-order valence-electron chi connectivity index (χ1n) is 8.56. The lowest BCUT2D eigenvalue weighted by Crippen LogP contribution is -2.28. The maximum absolute atomic E-state index is 13.0. The van der Waals surface area contributed by atoms with Crippen LogP contribution in [0.1, 0.15) is 30.8 Å². The van der Waals surface area contributed by atoms with Crippen LogP contribution < -0.4 is 5.32 Å². The van der Waals surface area contributed by atoms with E-state index in [0.29, 0.717) is 24.1 Å². The van der Waals surface area contributed by atoms with Crippen LogP contribution in [0.2, 0.25) is 0 Å². The summed E-state index contributed by atoms with van der Waals surface area (Å²) in [5.41, 5.74) is 0.836. The van der Waals surface area contributed by atoms with E-state index < -0.39 is 5.92 Å². The first-order chi connectivity index (χ1) is 12.4. The maximum Gasteiger partial charge on any atom is 0.231 e. The van der Waals surface area contributed by atoms with E-state index in [1.807, 2.05) is 0 Å². The smallest absolute Gasteiger partial charge is 0.231 e. The van der Waals surface area contributed by atoms with E-state index in [1.54, 1.807) is 17.0 Å². The minimum Gasteiger partial charge on any atom is -0.338 e. The summed E-state index contributed by atoms with van der Waals surface area (Å²) in [5.74, 6) is -0.550. The second kappa shape index (κ2) is 7.90. The van der Waals surface area contributed by atoms with Crippen molar-refractivity contribution < 1.29 is 14.0 Å². The molecule has 3 rings (SSSR count). The van der Waals surface area contributed by atoms with Gasteiger partial charge in [0.25, 0.3) is 0 Å². The molecule has 0 aliphatic carbocycles. The van der Waals surface area contributed by atoms with Crippen molar-refractivity contribution in [1.29, 1.82) is 0 Å². The Kier molecular flexibility index (Phi) is 5.61. The molecule has 0 unspecified atom stereocenters. The Morgan fingerprint density at radius 2 is 2.08 bits per heavy atom. The largest absolute Gasteiger partial charge is 0.338 e. The molecule has 1 aliphatic heterocycles. The van der Waals surface area contributed by atoms with Gasteiger partial charge in [-0.2, -0.15) is 0 Å². The van der Waals surface area contributed by atoms with Crippen LogP contribution in [0.25, 0.3) is 0 Å². The Morgan fingerprint density at radius 3 is 2.77 bits per heavy atom. The fourth-order valence-corrected chi connectivity index (χ4v) is 3.81. The molecular formula is C18H21FN4O2S. The lowest BCUT2D eigenvalue weighted by molar-refractivity contribution is -0.128. The average molecular weight is 376 g/mol. The summed E-state index contributed by atoms with van der Waals surface area (Å²) in [6.45, 7) is 4.92. The van der Waals surface area contributed by atoms with Gasteiger partial charge in [-0.3, -0.25) is 9.59 Å². The van der Waals surface area contributed by atoms with Crippen LogP contribution >= 0.6 is 11.3 Å². The quantitative estimate of drug-likeness (QED) is 0.841. The predicted octanol–water partition coefficient (Wildman–Crippen LogP) is 2.86. The van der Waals surface area contributed by atoms with E-state index in [1.165, 1.54) is 23.5 Å². The molecule has 1 aliphatic rings. The van der Waals surface area contributed by atoms with Crippen molar-refractivity contribution in [3.63, 3.8) is 0 Å². The highest BCUT2D eigenvalue weighted by Gasteiger charge is 2.34. The molecule has 1 fully saturated rings. The number of amides is 2. The molecule has 1 N–H and O–H groups in total. The normalized spacial score (nSPS) is 17.2. The van der Waals surface area contributed by atoms with Gasteiger partial charge in [-0.25, -0.2) is 4.39 Å². The van der Waals surface area contributed by atoms with E-state index >= 15 is 0 Å². The summed E-state index contributed by atoms with van der Waals surface area (Å²) >= 11 is 1.37. The number of anilines is 1. The monoisotopic (exact) mass is 376 g/mol. The van der Waals surface area contributed by atoms with Gasteiger partial charge in [-0.1, -0.05) is 37.3 Å². The zero-order valence-electron chi connectivity index (χ0n) is 14.7. The van der Waals surface area contributed by atoms with Gasteiger partial charge in [-0.05, 0) is 23.6 Å². The number of benzene rings is 1. The highest BCUT2D eigenvalue weighted by molar-refractivity contribution is 7.15. The molecular weight excluding hydrogens is 355 g/mol. The first-order valence-corrected chi connectivity index (χ1v) is 9.38. The average Bonchev–Trinajstić information content (AvgIpc) is 3.16. The molecule has 2 heterocycles. The van der Waals surface area contributed by atoms with Crippen LogP contribution in [0.15, 0.2) is 24.3 Å². The van der Waals surface area contributed by atoms with E-state index in [2.05, 4.69) is 29.4 Å². The second-order valence-corrected chi connectivity index (χ2v) is 7.95. The number of carbonyl (C=O) groups is 2. The van der Waals surface area contributed by atoms with Crippen molar-refractivity contribution in [2.45, 2.75) is 33.2 Å². The molecule has 0 saturated carbocycles. The third-order valence-electron chi connectivity index (χ3n) is 4.15. The third-order valence-corrected chi connectivity index (χ3v) is 5.01. The van der Waals surface area contributed by atoms with Crippen molar-refractivity contribution in [3.05, 3.63) is 40.7 Å². The first kappa shape index (κ1) is 18.4. The molecule has 0 radical (unpaired) electrons. The van der Waals surface area contributed by atoms with Crippen molar-refractivity contribution in [1.82, 2.24) is 15.1 Å². The summed E-state index contributed by atoms with van der Waals surface area (Å²) < 4.78 is 13.0. The van der Waals surface area contributed by atoms with Gasteiger partial charge in [-0.15, -0.1) is 10.2 Å². The van der Waals surface area contributed by atoms with E-state index in [9.17, 15) is 14.0 Å². The minimum absolute atomic E-state index is 0.0766. The highest BCUT2D eigenvalue weighted by atomic mass is 32.1. The topological polar surface area (TPSA) is 75.2 Å². The Hall–Kier alpha value is -2.35. The maximum atomic E-state index is 13.0. The molecule has 138 valence electrons. The number of nitrogens with zero attached hydrogens (tertiary/aromatic N) is 3. The van der Waals surface area contributed by atoms with Gasteiger partial charge in [0, 0.05) is 25.9 Å². The molecule has 2 amide bonds. The van der Waals surface area contributed by atoms with Crippen LogP contribution in [0.3, 0.4) is 0 Å². The highest BCUT2D eigenvalue weighted by Crippen LogP contribution is 2.24. The Bertz CT molecular complexity index is 791. The summed E-state index contributed by atoms with van der Waals surface area (Å²) in [4.78, 5) is 26.2. The number of likely N-dealkylation sites (tertiary alicyclic amines) is 1. The summed E-state index contributed by atoms with van der Waals surface area (Å²) in [5, 5.41) is 12.2. The molecule has 0 spiro atoms. The third kappa shape index (κ3) is 4.63. The lowest BCUT2D eigenvalue weighted by atomic mass is 10.1. The van der Waals surface area contributed by atoms with E-state index in [4.69, 9.17) is 0 Å². The molecule has 1 atom stereocenters. The van der Waals surface area contributed by atoms with E-state index in [-0.39, 0.29) is 24.1 Å². The number of hydrogen-bond donors (Lipinski definition) is 1. The van der Waals surface area contributed by atoms with Crippen molar-refractivity contribution in [2.24, 2.45) is 11.8 Å². The SMILES string of the molecule is CC(C)Cc1nnc(NC(=O)[C@@H]2CC(=O)N(Cc3ccc(F)cc3)C2)s1. The fourth-order valence-electron chi connectivity index (χ4n) is 2.85. The van der Waals surface area contributed by atoms with Gasteiger partial charge in [0.1, 0.15) is 10.8 Å². The molecule has 2 aromatic rings. The van der Waals surface area contributed by atoms with Crippen molar-refractivity contribution >= 4 is 28.3 Å². The van der Waals surface area contributed by atoms with Crippen molar-refractivity contribution in [3.8, 4) is 0 Å². The van der Waals surface area contributed by atoms with Crippen LogP contribution in [-0.2, 0) is 22.6 Å². The molecule has 0 bridgehead atoms. The van der Waals surface area contributed by atoms with Crippen LogP contribution in [-0.4, -0.2) is 33.5 Å². The fraction of sp³-hybridized carbons (Fsp3) is 0.444. The van der Waals surface area contributed by atoms with Crippen molar-refractivity contribution in [2.75, 3.05) is 11.9 Å². The lowest BCUT2D eigenvalue weighted by Gasteiger charge is -2.16. The summed E-state index contributed by atoms with van der Waals surface area (Å²) in [7, 11) is 0. The Labute approximate surface area is 155 Å². The standard InChI is InChI=1S/C18H21FN4O2S/c1-11(2)7-15-21-22-18(26-15)20-17(25)13-8-16(24)23(10-13)9-12-3-5-14(19)6-4-12/h3-6,11,13H,7-10H2,1-2H3,(H,20,22,25)/t13-/m1/s1. The summed E-state index contributed by atoms with van der Waals surface area (Å²) in [6, 6.07) is 6.02. The number of aromatic nitrogens is 2. The van der Waals surface area contributed by atoms with Crippen LogP contribution in [0, 0.1) is 17.7 Å². The molecule has 1 aromatic heterocycles. The number of carbonyl (C=O) groups excluding carboxylic acids is 2. The van der Waals surface area contributed by atoms with Gasteiger partial charge >= 0.3 is 0 Å². The summed E-state index contributed by atoms with van der Waals surface area (Å²) in [6.07, 6.45) is 0.992. The van der Waals surface area contributed by atoms with Gasteiger partial charge in [0.15, 0.2) is 0 Å². The zero-order chi connectivity index (χ0) is 18.7. The molecule has 1 aromatic carbocycles. The Morgan fingerprint density at radius 1 is 1.35 bits per heavy atom. The number of hydrogen-bond acceptors (Lipinski definition) is 5. The number of halogens is 1. The van der Waals surface area contributed by atoms with Gasteiger partial charge in [0.05, 0.1) is 5.92 Å². The minimum atomic E-state index is -0.416. The number of nitrogens with one attached hydrogen (secondary N) is 1. The van der Waals surface area contributed by atoms with Gasteiger partial charge < -0.3 is 10.2 Å². The van der Waals surface area contributed by atoms with Crippen LogP contribution in [0.4, 0.5) is 9.52 Å². The van der Waals surface area contributed by atoms with Gasteiger partial charge in [0.2, 0.25) is 16.9 Å². The molecule has 6 nitrogen and oxygen atoms in total. The predicted molar refractivity (Wildman–Crippen MR) is 97.0 cm³/mol. The van der Waals surface area contributed by atoms with E-state index in [0.717, 1.165) is 17.0 Å². The second-order valence-electron chi connectivity index (χ2n) is 6.89.